The summed E-state index contributed by atoms with van der Waals surface area (Å²) in [5.74, 6) is 0. The fourth-order valence-corrected chi connectivity index (χ4v) is 4.24. The van der Waals surface area contributed by atoms with Gasteiger partial charge >= 0.3 is 0 Å². The molecule has 0 radical (unpaired) electrons. The Morgan fingerprint density at radius 3 is 2.50 bits per heavy atom. The summed E-state index contributed by atoms with van der Waals surface area (Å²) >= 11 is 0. The van der Waals surface area contributed by atoms with Crippen LogP contribution in [0.3, 0.4) is 0 Å². The van der Waals surface area contributed by atoms with Gasteiger partial charge in [0.25, 0.3) is 0 Å². The summed E-state index contributed by atoms with van der Waals surface area (Å²) in [6.07, 6.45) is 4.71. The van der Waals surface area contributed by atoms with Gasteiger partial charge in [-0.2, -0.15) is 0 Å². The van der Waals surface area contributed by atoms with Crippen LogP contribution in [0.2, 0.25) is 0 Å². The van der Waals surface area contributed by atoms with Crippen LogP contribution < -0.4 is 10.0 Å². The van der Waals surface area contributed by atoms with Gasteiger partial charge in [-0.1, -0.05) is 25.3 Å². The van der Waals surface area contributed by atoms with E-state index in [2.05, 4.69) is 0 Å². The lowest BCUT2D eigenvalue weighted by Gasteiger charge is -2.28. The molecule has 0 bridgehead atoms. The van der Waals surface area contributed by atoms with Crippen molar-refractivity contribution < 1.29 is 8.42 Å². The van der Waals surface area contributed by atoms with Crippen molar-refractivity contribution in [2.75, 3.05) is 17.1 Å². The van der Waals surface area contributed by atoms with E-state index in [-0.39, 0.29) is 5.25 Å². The normalized spacial score (nSPS) is 17.6. The molecule has 5 heteroatoms. The summed E-state index contributed by atoms with van der Waals surface area (Å²) in [6, 6.07) is 7.00. The van der Waals surface area contributed by atoms with Gasteiger partial charge in [-0.3, -0.25) is 4.31 Å². The Balaban J connectivity index is 2.23. The molecule has 1 aromatic carbocycles. The Hall–Kier alpha value is -1.23. The number of hydrogen-bond donors (Lipinski definition) is 1. The molecule has 1 aliphatic rings. The lowest BCUT2D eigenvalue weighted by atomic mass is 10.0. The molecule has 18 heavy (non-hydrogen) atoms. The average Bonchev–Trinajstić information content (AvgIpc) is 2.39. The summed E-state index contributed by atoms with van der Waals surface area (Å²) in [7, 11) is -1.64. The van der Waals surface area contributed by atoms with E-state index in [1.807, 2.05) is 0 Å². The van der Waals surface area contributed by atoms with Gasteiger partial charge in [0, 0.05) is 12.7 Å². The molecule has 1 aliphatic carbocycles. The Morgan fingerprint density at radius 1 is 1.22 bits per heavy atom. The quantitative estimate of drug-likeness (QED) is 0.856. The highest BCUT2D eigenvalue weighted by Gasteiger charge is 2.31. The third-order valence-electron chi connectivity index (χ3n) is 3.59. The molecule has 100 valence electrons. The molecule has 0 heterocycles. The number of nitrogen functional groups attached to an aromatic ring is 1. The van der Waals surface area contributed by atoms with Crippen molar-refractivity contribution in [3.05, 3.63) is 24.3 Å². The van der Waals surface area contributed by atoms with Crippen molar-refractivity contribution in [2.24, 2.45) is 0 Å². The van der Waals surface area contributed by atoms with Gasteiger partial charge in [0.15, 0.2) is 0 Å². The van der Waals surface area contributed by atoms with Crippen LogP contribution in [0.4, 0.5) is 11.4 Å². The highest BCUT2D eigenvalue weighted by Crippen LogP contribution is 2.28. The molecule has 2 rings (SSSR count). The molecule has 1 fully saturated rings. The summed E-state index contributed by atoms with van der Waals surface area (Å²) in [5.41, 5.74) is 6.92. The van der Waals surface area contributed by atoms with Crippen LogP contribution in [0, 0.1) is 0 Å². The fraction of sp³-hybridized carbons (Fsp3) is 0.538. The summed E-state index contributed by atoms with van der Waals surface area (Å²) in [6.45, 7) is 0. The van der Waals surface area contributed by atoms with Crippen molar-refractivity contribution in [1.29, 1.82) is 0 Å². The smallest absolute Gasteiger partial charge is 0.237 e. The van der Waals surface area contributed by atoms with Crippen LogP contribution in [0.1, 0.15) is 32.1 Å². The van der Waals surface area contributed by atoms with E-state index in [0.717, 1.165) is 32.1 Å². The van der Waals surface area contributed by atoms with E-state index in [1.165, 1.54) is 4.31 Å². The number of sulfonamides is 1. The minimum atomic E-state index is -3.25. The molecule has 4 nitrogen and oxygen atoms in total. The van der Waals surface area contributed by atoms with E-state index in [9.17, 15) is 8.42 Å². The standard InChI is InChI=1S/C13H20N2O2S/c1-15(12-7-5-6-11(14)10-12)18(16,17)13-8-3-2-4-9-13/h5-7,10,13H,2-4,8-9,14H2,1H3. The number of nitrogens with zero attached hydrogens (tertiary/aromatic N) is 1. The van der Waals surface area contributed by atoms with E-state index < -0.39 is 10.0 Å². The van der Waals surface area contributed by atoms with E-state index in [1.54, 1.807) is 31.3 Å². The van der Waals surface area contributed by atoms with Crippen LogP contribution in [0.5, 0.6) is 0 Å². The van der Waals surface area contributed by atoms with Crippen molar-refractivity contribution in [2.45, 2.75) is 37.4 Å². The van der Waals surface area contributed by atoms with Crippen molar-refractivity contribution >= 4 is 21.4 Å². The second-order valence-electron chi connectivity index (χ2n) is 4.87. The van der Waals surface area contributed by atoms with Gasteiger partial charge in [-0.25, -0.2) is 8.42 Å². The van der Waals surface area contributed by atoms with Crippen LogP contribution in [-0.4, -0.2) is 20.7 Å². The molecule has 0 aliphatic heterocycles. The van der Waals surface area contributed by atoms with Crippen LogP contribution >= 0.6 is 0 Å². The minimum Gasteiger partial charge on any atom is -0.399 e. The topological polar surface area (TPSA) is 63.4 Å². The van der Waals surface area contributed by atoms with Crippen LogP contribution in [-0.2, 0) is 10.0 Å². The van der Waals surface area contributed by atoms with Crippen LogP contribution in [0.15, 0.2) is 24.3 Å². The molecule has 0 atom stereocenters. The zero-order valence-electron chi connectivity index (χ0n) is 10.7. The number of rotatable bonds is 3. The maximum absolute atomic E-state index is 12.5. The Labute approximate surface area is 109 Å². The van der Waals surface area contributed by atoms with Crippen molar-refractivity contribution in [3.63, 3.8) is 0 Å². The lowest BCUT2D eigenvalue weighted by molar-refractivity contribution is 0.483. The van der Waals surface area contributed by atoms with E-state index in [0.29, 0.717) is 11.4 Å². The first kappa shape index (κ1) is 13.2. The first-order chi connectivity index (χ1) is 8.51. The highest BCUT2D eigenvalue weighted by molar-refractivity contribution is 7.93. The SMILES string of the molecule is CN(c1cccc(N)c1)S(=O)(=O)C1CCCCC1. The van der Waals surface area contributed by atoms with Gasteiger partial charge < -0.3 is 5.73 Å². The molecular weight excluding hydrogens is 248 g/mol. The molecule has 0 spiro atoms. The monoisotopic (exact) mass is 268 g/mol. The molecule has 0 unspecified atom stereocenters. The highest BCUT2D eigenvalue weighted by atomic mass is 32.2. The lowest BCUT2D eigenvalue weighted by Crippen LogP contribution is -2.37. The molecule has 1 aromatic rings. The summed E-state index contributed by atoms with van der Waals surface area (Å²) in [4.78, 5) is 0. The second kappa shape index (κ2) is 5.18. The molecule has 0 saturated heterocycles. The largest absolute Gasteiger partial charge is 0.399 e. The maximum Gasteiger partial charge on any atom is 0.237 e. The first-order valence-electron chi connectivity index (χ1n) is 6.35. The van der Waals surface area contributed by atoms with Gasteiger partial charge in [0.2, 0.25) is 10.0 Å². The minimum absolute atomic E-state index is 0.238. The zero-order chi connectivity index (χ0) is 13.2. The third kappa shape index (κ3) is 2.61. The summed E-state index contributed by atoms with van der Waals surface area (Å²) in [5, 5.41) is -0.238. The van der Waals surface area contributed by atoms with Crippen LogP contribution in [0.25, 0.3) is 0 Å². The van der Waals surface area contributed by atoms with Gasteiger partial charge in [-0.05, 0) is 31.0 Å². The number of hydrogen-bond acceptors (Lipinski definition) is 3. The summed E-state index contributed by atoms with van der Waals surface area (Å²) < 4.78 is 26.3. The predicted molar refractivity (Wildman–Crippen MR) is 75.1 cm³/mol. The van der Waals surface area contributed by atoms with E-state index in [4.69, 9.17) is 5.73 Å². The van der Waals surface area contributed by atoms with E-state index >= 15 is 0 Å². The Bertz CT molecular complexity index is 507. The fourth-order valence-electron chi connectivity index (χ4n) is 2.45. The number of nitrogens with two attached hydrogens (primary N) is 1. The predicted octanol–water partition coefficient (Wildman–Crippen LogP) is 2.37. The molecular formula is C13H20N2O2S. The van der Waals surface area contributed by atoms with Gasteiger partial charge in [0.05, 0.1) is 10.9 Å². The molecule has 2 N–H and O–H groups in total. The van der Waals surface area contributed by atoms with Crippen molar-refractivity contribution in [1.82, 2.24) is 0 Å². The van der Waals surface area contributed by atoms with Gasteiger partial charge in [-0.15, -0.1) is 0 Å². The molecule has 0 aromatic heterocycles. The molecule has 0 amide bonds. The first-order valence-corrected chi connectivity index (χ1v) is 7.85. The van der Waals surface area contributed by atoms with Gasteiger partial charge in [0.1, 0.15) is 0 Å². The zero-order valence-corrected chi connectivity index (χ0v) is 11.5. The average molecular weight is 268 g/mol. The third-order valence-corrected chi connectivity index (χ3v) is 5.88. The maximum atomic E-state index is 12.5. The Kier molecular flexibility index (Phi) is 3.80. The Morgan fingerprint density at radius 2 is 1.89 bits per heavy atom. The van der Waals surface area contributed by atoms with Crippen molar-refractivity contribution in [3.8, 4) is 0 Å². The number of anilines is 2. The number of benzene rings is 1. The molecule has 1 saturated carbocycles. The second-order valence-corrected chi connectivity index (χ2v) is 7.11.